The lowest BCUT2D eigenvalue weighted by Crippen LogP contribution is -2.37. The van der Waals surface area contributed by atoms with Gasteiger partial charge in [0.2, 0.25) is 5.91 Å². The van der Waals surface area contributed by atoms with E-state index in [0.29, 0.717) is 18.4 Å². The largest absolute Gasteiger partial charge is 0.339 e. The van der Waals surface area contributed by atoms with Gasteiger partial charge in [-0.05, 0) is 31.4 Å². The van der Waals surface area contributed by atoms with Gasteiger partial charge >= 0.3 is 0 Å². The number of likely N-dealkylation sites (tertiary alicyclic amines) is 1. The number of nitrogens with zero attached hydrogens (tertiary/aromatic N) is 3. The molecule has 2 heterocycles. The number of hydrogen-bond donors (Lipinski definition) is 0. The van der Waals surface area contributed by atoms with Crippen LogP contribution >= 0.6 is 0 Å². The smallest absolute Gasteiger partial charge is 0.223 e. The van der Waals surface area contributed by atoms with Crippen molar-refractivity contribution < 1.29 is 4.79 Å². The van der Waals surface area contributed by atoms with Crippen molar-refractivity contribution in [3.05, 3.63) is 30.1 Å². The number of rotatable bonds is 11. The number of carbonyl (C=O) groups is 1. The van der Waals surface area contributed by atoms with Crippen LogP contribution in [0.1, 0.15) is 109 Å². The average Bonchev–Trinajstić information content (AvgIpc) is 3.37. The summed E-state index contributed by atoms with van der Waals surface area (Å²) in [6, 6.07) is 8.99. The number of carbonyl (C=O) groups excluding carboxylic acids is 1. The number of unbranched alkanes of at least 4 members (excludes halogenated alkanes) is 7. The first-order valence-corrected chi connectivity index (χ1v) is 13.0. The van der Waals surface area contributed by atoms with Crippen molar-refractivity contribution in [3.63, 3.8) is 0 Å². The Bertz CT molecular complexity index is 836. The van der Waals surface area contributed by atoms with E-state index in [9.17, 15) is 4.79 Å². The zero-order chi connectivity index (χ0) is 21.5. The highest BCUT2D eigenvalue weighted by atomic mass is 16.2. The number of amides is 1. The first-order chi connectivity index (χ1) is 15.3. The number of hydrogen-bond acceptors (Lipinski definition) is 2. The Hall–Kier alpha value is -1.84. The van der Waals surface area contributed by atoms with E-state index >= 15 is 0 Å². The molecule has 170 valence electrons. The predicted molar refractivity (Wildman–Crippen MR) is 128 cm³/mol. The lowest BCUT2D eigenvalue weighted by molar-refractivity contribution is -0.130. The molecule has 1 aliphatic heterocycles. The Morgan fingerprint density at radius 3 is 2.42 bits per heavy atom. The highest BCUT2D eigenvalue weighted by Gasteiger charge is 2.37. The quantitative estimate of drug-likeness (QED) is 0.372. The molecule has 1 amide bonds. The van der Waals surface area contributed by atoms with Crippen molar-refractivity contribution in [2.45, 2.75) is 115 Å². The Labute approximate surface area is 188 Å². The van der Waals surface area contributed by atoms with Crippen molar-refractivity contribution in [1.29, 1.82) is 0 Å². The molecule has 1 aromatic carbocycles. The molecule has 4 nitrogen and oxygen atoms in total. The van der Waals surface area contributed by atoms with Crippen LogP contribution in [0.4, 0.5) is 0 Å². The summed E-state index contributed by atoms with van der Waals surface area (Å²) in [5.41, 5.74) is 2.32. The minimum absolute atomic E-state index is 0.246. The van der Waals surface area contributed by atoms with Crippen LogP contribution in [0.25, 0.3) is 11.0 Å². The highest BCUT2D eigenvalue weighted by molar-refractivity contribution is 5.81. The zero-order valence-corrected chi connectivity index (χ0v) is 19.5. The van der Waals surface area contributed by atoms with Crippen LogP contribution in [0.5, 0.6) is 0 Å². The topological polar surface area (TPSA) is 38.1 Å². The first kappa shape index (κ1) is 22.4. The van der Waals surface area contributed by atoms with Gasteiger partial charge in [-0.25, -0.2) is 4.98 Å². The summed E-state index contributed by atoms with van der Waals surface area (Å²) in [6.07, 6.45) is 17.5. The molecule has 2 fully saturated rings. The fourth-order valence-electron chi connectivity index (χ4n) is 5.69. The molecule has 4 rings (SSSR count). The fraction of sp³-hybridized carbons (Fsp3) is 0.704. The standard InChI is InChI=1S/C27H41N3O/c1-2-3-4-5-6-7-8-14-19-29-25-18-13-12-17-24(25)28-27(29)22-20-26(31)30(21-22)23-15-10-9-11-16-23/h12-13,17-18,22-23H,2-11,14-16,19-21H2,1H3. The summed E-state index contributed by atoms with van der Waals surface area (Å²) in [4.78, 5) is 20.1. The summed E-state index contributed by atoms with van der Waals surface area (Å²) in [5.74, 6) is 1.74. The minimum Gasteiger partial charge on any atom is -0.339 e. The van der Waals surface area contributed by atoms with E-state index in [4.69, 9.17) is 4.98 Å². The van der Waals surface area contributed by atoms with Crippen LogP contribution in [0.3, 0.4) is 0 Å². The second-order valence-electron chi connectivity index (χ2n) is 9.82. The van der Waals surface area contributed by atoms with Crippen molar-refractivity contribution in [3.8, 4) is 0 Å². The summed E-state index contributed by atoms with van der Waals surface area (Å²) in [5, 5.41) is 0. The van der Waals surface area contributed by atoms with Crippen LogP contribution in [-0.2, 0) is 11.3 Å². The van der Waals surface area contributed by atoms with Crippen molar-refractivity contribution in [2.75, 3.05) is 6.54 Å². The number of aromatic nitrogens is 2. The van der Waals surface area contributed by atoms with Gasteiger partial charge < -0.3 is 9.47 Å². The number of aryl methyl sites for hydroxylation is 1. The van der Waals surface area contributed by atoms with E-state index in [-0.39, 0.29) is 5.92 Å². The Balaban J connectivity index is 1.40. The lowest BCUT2D eigenvalue weighted by atomic mass is 9.94. The van der Waals surface area contributed by atoms with Gasteiger partial charge in [0.15, 0.2) is 0 Å². The van der Waals surface area contributed by atoms with Crippen LogP contribution in [0, 0.1) is 0 Å². The number of benzene rings is 1. The first-order valence-electron chi connectivity index (χ1n) is 13.0. The third-order valence-corrected chi connectivity index (χ3v) is 7.46. The van der Waals surface area contributed by atoms with Crippen molar-refractivity contribution in [2.24, 2.45) is 0 Å². The third kappa shape index (κ3) is 5.51. The second kappa shape index (κ2) is 11.2. The molecule has 2 aliphatic rings. The lowest BCUT2D eigenvalue weighted by Gasteiger charge is -2.31. The van der Waals surface area contributed by atoms with E-state index < -0.39 is 0 Å². The molecule has 0 radical (unpaired) electrons. The molecule has 31 heavy (non-hydrogen) atoms. The van der Waals surface area contributed by atoms with Gasteiger partial charge in [-0.3, -0.25) is 4.79 Å². The predicted octanol–water partition coefficient (Wildman–Crippen LogP) is 6.83. The number of imidazole rings is 1. The van der Waals surface area contributed by atoms with Crippen LogP contribution < -0.4 is 0 Å². The maximum Gasteiger partial charge on any atom is 0.223 e. The van der Waals surface area contributed by atoms with Gasteiger partial charge in [-0.1, -0.05) is 83.3 Å². The normalized spacial score (nSPS) is 20.2. The van der Waals surface area contributed by atoms with Crippen LogP contribution in [0.2, 0.25) is 0 Å². The van der Waals surface area contributed by atoms with E-state index in [1.54, 1.807) is 0 Å². The fourth-order valence-corrected chi connectivity index (χ4v) is 5.69. The van der Waals surface area contributed by atoms with E-state index in [1.165, 1.54) is 89.0 Å². The maximum absolute atomic E-state index is 12.9. The summed E-state index contributed by atoms with van der Waals surface area (Å²) in [7, 11) is 0. The van der Waals surface area contributed by atoms with Crippen LogP contribution in [-0.4, -0.2) is 32.9 Å². The molecular weight excluding hydrogens is 382 g/mol. The highest BCUT2D eigenvalue weighted by Crippen LogP contribution is 2.34. The van der Waals surface area contributed by atoms with Gasteiger partial charge in [0.1, 0.15) is 5.82 Å². The number of para-hydroxylation sites is 2. The molecule has 0 spiro atoms. The maximum atomic E-state index is 12.9. The molecule has 1 saturated carbocycles. The molecule has 1 saturated heterocycles. The van der Waals surface area contributed by atoms with Crippen molar-refractivity contribution in [1.82, 2.24) is 14.5 Å². The zero-order valence-electron chi connectivity index (χ0n) is 19.5. The Kier molecular flexibility index (Phi) is 8.04. The molecule has 1 atom stereocenters. The van der Waals surface area contributed by atoms with E-state index in [1.807, 2.05) is 0 Å². The molecule has 2 aromatic rings. The molecule has 1 unspecified atom stereocenters. The van der Waals surface area contributed by atoms with Gasteiger partial charge in [0, 0.05) is 31.5 Å². The summed E-state index contributed by atoms with van der Waals surface area (Å²) >= 11 is 0. The second-order valence-corrected chi connectivity index (χ2v) is 9.82. The number of fused-ring (bicyclic) bond motifs is 1. The Morgan fingerprint density at radius 2 is 1.65 bits per heavy atom. The molecule has 1 aromatic heterocycles. The molecule has 1 aliphatic carbocycles. The molecule has 0 N–H and O–H groups in total. The van der Waals surface area contributed by atoms with Gasteiger partial charge in [-0.2, -0.15) is 0 Å². The molecule has 4 heteroatoms. The van der Waals surface area contributed by atoms with Gasteiger partial charge in [0.05, 0.1) is 11.0 Å². The van der Waals surface area contributed by atoms with E-state index in [0.717, 1.165) is 24.4 Å². The Morgan fingerprint density at radius 1 is 0.935 bits per heavy atom. The molecular formula is C27H41N3O. The summed E-state index contributed by atoms with van der Waals surface area (Å²) < 4.78 is 2.44. The van der Waals surface area contributed by atoms with Gasteiger partial charge in [0.25, 0.3) is 0 Å². The van der Waals surface area contributed by atoms with E-state index in [2.05, 4.69) is 40.7 Å². The average molecular weight is 424 g/mol. The van der Waals surface area contributed by atoms with Crippen molar-refractivity contribution >= 4 is 16.9 Å². The SMILES string of the molecule is CCCCCCCCCCn1c(C2CC(=O)N(C3CCCCC3)C2)nc2ccccc21. The monoisotopic (exact) mass is 423 g/mol. The summed E-state index contributed by atoms with van der Waals surface area (Å²) in [6.45, 7) is 4.17. The minimum atomic E-state index is 0.246. The molecule has 0 bridgehead atoms. The van der Waals surface area contributed by atoms with Crippen LogP contribution in [0.15, 0.2) is 24.3 Å². The third-order valence-electron chi connectivity index (χ3n) is 7.46. The van der Waals surface area contributed by atoms with Gasteiger partial charge in [-0.15, -0.1) is 0 Å².